The summed E-state index contributed by atoms with van der Waals surface area (Å²) in [5, 5.41) is 8.86. The molecule has 21 heavy (non-hydrogen) atoms. The molecule has 2 rings (SSSR count). The van der Waals surface area contributed by atoms with Gasteiger partial charge in [-0.2, -0.15) is 18.4 Å². The lowest BCUT2D eigenvalue weighted by Crippen LogP contribution is -2.53. The van der Waals surface area contributed by atoms with Crippen molar-refractivity contribution in [3.05, 3.63) is 0 Å². The van der Waals surface area contributed by atoms with Gasteiger partial charge in [-0.05, 0) is 31.1 Å². The Hall–Kier alpha value is -0.800. The number of piperazine rings is 1. The average molecular weight is 303 g/mol. The van der Waals surface area contributed by atoms with Crippen molar-refractivity contribution in [2.24, 2.45) is 5.41 Å². The van der Waals surface area contributed by atoms with Crippen LogP contribution in [0.15, 0.2) is 0 Å². The minimum Gasteiger partial charge on any atom is -0.298 e. The second kappa shape index (κ2) is 6.53. The van der Waals surface area contributed by atoms with Crippen LogP contribution in [0.1, 0.15) is 39.0 Å². The molecular formula is C15H24F3N3. The van der Waals surface area contributed by atoms with Gasteiger partial charge in [0.15, 0.2) is 0 Å². The number of nitrogens with zero attached hydrogens (tertiary/aromatic N) is 3. The number of halogens is 3. The summed E-state index contributed by atoms with van der Waals surface area (Å²) in [4.78, 5) is 3.85. The van der Waals surface area contributed by atoms with Crippen LogP contribution >= 0.6 is 0 Å². The fourth-order valence-electron chi connectivity index (χ4n) is 3.57. The highest BCUT2D eigenvalue weighted by atomic mass is 19.4. The molecule has 1 saturated carbocycles. The van der Waals surface area contributed by atoms with Gasteiger partial charge in [-0.25, -0.2) is 0 Å². The molecule has 2 aliphatic rings. The van der Waals surface area contributed by atoms with Crippen LogP contribution < -0.4 is 0 Å². The molecule has 0 unspecified atom stereocenters. The molecule has 0 spiro atoms. The predicted molar refractivity (Wildman–Crippen MR) is 74.7 cm³/mol. The molecule has 2 fully saturated rings. The van der Waals surface area contributed by atoms with Crippen LogP contribution in [-0.2, 0) is 0 Å². The first-order valence-corrected chi connectivity index (χ1v) is 7.71. The third kappa shape index (κ3) is 4.86. The molecule has 1 saturated heterocycles. The zero-order valence-electron chi connectivity index (χ0n) is 12.6. The summed E-state index contributed by atoms with van der Waals surface area (Å²) in [6, 6.07) is 2.76. The van der Waals surface area contributed by atoms with Crippen molar-refractivity contribution in [3.63, 3.8) is 0 Å². The molecule has 1 aliphatic carbocycles. The van der Waals surface area contributed by atoms with Gasteiger partial charge in [-0.15, -0.1) is 0 Å². The Morgan fingerprint density at radius 2 is 1.71 bits per heavy atom. The molecule has 0 aromatic heterocycles. The Morgan fingerprint density at radius 1 is 1.14 bits per heavy atom. The predicted octanol–water partition coefficient (Wildman–Crippen LogP) is 3.03. The van der Waals surface area contributed by atoms with Gasteiger partial charge in [0.25, 0.3) is 0 Å². The van der Waals surface area contributed by atoms with Crippen molar-refractivity contribution in [2.45, 2.75) is 51.2 Å². The summed E-state index contributed by atoms with van der Waals surface area (Å²) in [5.41, 5.74) is 0.142. The van der Waals surface area contributed by atoms with E-state index >= 15 is 0 Å². The summed E-state index contributed by atoms with van der Waals surface area (Å²) in [6.45, 7) is 3.86. The van der Waals surface area contributed by atoms with Crippen molar-refractivity contribution in [2.75, 3.05) is 32.7 Å². The van der Waals surface area contributed by atoms with Crippen molar-refractivity contribution < 1.29 is 13.2 Å². The molecule has 120 valence electrons. The van der Waals surface area contributed by atoms with E-state index in [2.05, 4.69) is 17.9 Å². The van der Waals surface area contributed by atoms with E-state index in [1.165, 1.54) is 4.90 Å². The van der Waals surface area contributed by atoms with E-state index < -0.39 is 12.7 Å². The Bertz CT molecular complexity index is 373. The second-order valence-electron chi connectivity index (χ2n) is 6.80. The first kappa shape index (κ1) is 16.6. The Balaban J connectivity index is 1.76. The van der Waals surface area contributed by atoms with E-state index in [4.69, 9.17) is 5.26 Å². The van der Waals surface area contributed by atoms with Gasteiger partial charge in [-0.3, -0.25) is 9.80 Å². The van der Waals surface area contributed by atoms with Crippen LogP contribution in [0, 0.1) is 16.7 Å². The van der Waals surface area contributed by atoms with Gasteiger partial charge >= 0.3 is 6.18 Å². The molecule has 6 heteroatoms. The van der Waals surface area contributed by atoms with Crippen LogP contribution in [0.4, 0.5) is 13.2 Å². The van der Waals surface area contributed by atoms with Gasteiger partial charge in [0.2, 0.25) is 0 Å². The van der Waals surface area contributed by atoms with Crippen LogP contribution in [0.2, 0.25) is 0 Å². The van der Waals surface area contributed by atoms with E-state index in [0.29, 0.717) is 25.6 Å². The van der Waals surface area contributed by atoms with Crippen molar-refractivity contribution >= 4 is 0 Å². The van der Waals surface area contributed by atoms with E-state index in [1.807, 2.05) is 0 Å². The third-order valence-corrected chi connectivity index (χ3v) is 4.99. The Labute approximate surface area is 124 Å². The van der Waals surface area contributed by atoms with Gasteiger partial charge < -0.3 is 0 Å². The zero-order valence-corrected chi connectivity index (χ0v) is 12.6. The van der Waals surface area contributed by atoms with Crippen LogP contribution in [0.3, 0.4) is 0 Å². The number of hydrogen-bond donors (Lipinski definition) is 0. The van der Waals surface area contributed by atoms with Crippen molar-refractivity contribution in [1.29, 1.82) is 5.26 Å². The van der Waals surface area contributed by atoms with E-state index in [9.17, 15) is 13.2 Å². The molecule has 0 N–H and O–H groups in total. The van der Waals surface area contributed by atoms with E-state index in [1.54, 1.807) is 0 Å². The van der Waals surface area contributed by atoms with E-state index in [-0.39, 0.29) is 5.41 Å². The molecule has 0 bridgehead atoms. The average Bonchev–Trinajstić information content (AvgIpc) is 2.39. The molecular weight excluding hydrogens is 279 g/mol. The standard InChI is InChI=1S/C15H24F3N3/c1-14(6-7-19)4-2-13(3-5-14)21-10-8-20(9-11-21)12-15(16,17)18/h13H,2-6,8-12H2,1H3/t13-,14+. The monoisotopic (exact) mass is 303 g/mol. The summed E-state index contributed by atoms with van der Waals surface area (Å²) in [7, 11) is 0. The van der Waals surface area contributed by atoms with Gasteiger partial charge in [0.05, 0.1) is 12.6 Å². The second-order valence-corrected chi connectivity index (χ2v) is 6.80. The fraction of sp³-hybridized carbons (Fsp3) is 0.933. The highest BCUT2D eigenvalue weighted by Gasteiger charge is 2.36. The maximum absolute atomic E-state index is 12.4. The molecule has 0 aromatic carbocycles. The van der Waals surface area contributed by atoms with Crippen LogP contribution in [0.5, 0.6) is 0 Å². The highest BCUT2D eigenvalue weighted by Crippen LogP contribution is 2.40. The lowest BCUT2D eigenvalue weighted by atomic mass is 9.72. The van der Waals surface area contributed by atoms with Gasteiger partial charge in [0, 0.05) is 38.6 Å². The minimum absolute atomic E-state index is 0.142. The number of hydrogen-bond acceptors (Lipinski definition) is 3. The highest BCUT2D eigenvalue weighted by molar-refractivity contribution is 4.92. The number of alkyl halides is 3. The van der Waals surface area contributed by atoms with Crippen molar-refractivity contribution in [1.82, 2.24) is 9.80 Å². The summed E-state index contributed by atoms with van der Waals surface area (Å²) < 4.78 is 37.1. The van der Waals surface area contributed by atoms with Gasteiger partial charge in [-0.1, -0.05) is 6.92 Å². The zero-order chi connectivity index (χ0) is 15.5. The van der Waals surface area contributed by atoms with Crippen LogP contribution in [0.25, 0.3) is 0 Å². The lowest BCUT2D eigenvalue weighted by Gasteiger charge is -2.44. The maximum atomic E-state index is 12.4. The van der Waals surface area contributed by atoms with E-state index in [0.717, 1.165) is 38.8 Å². The summed E-state index contributed by atoms with van der Waals surface area (Å²) in [6.07, 6.45) is 0.752. The molecule has 1 heterocycles. The Kier molecular flexibility index (Phi) is 5.15. The summed E-state index contributed by atoms with van der Waals surface area (Å²) >= 11 is 0. The molecule has 0 radical (unpaired) electrons. The molecule has 0 atom stereocenters. The quantitative estimate of drug-likeness (QED) is 0.803. The lowest BCUT2D eigenvalue weighted by molar-refractivity contribution is -0.150. The largest absolute Gasteiger partial charge is 0.401 e. The molecule has 0 aromatic rings. The third-order valence-electron chi connectivity index (χ3n) is 4.99. The topological polar surface area (TPSA) is 30.3 Å². The first-order chi connectivity index (χ1) is 9.81. The fourth-order valence-corrected chi connectivity index (χ4v) is 3.57. The molecule has 1 aliphatic heterocycles. The maximum Gasteiger partial charge on any atom is 0.401 e. The molecule has 3 nitrogen and oxygen atoms in total. The first-order valence-electron chi connectivity index (χ1n) is 7.71. The number of rotatable bonds is 3. The van der Waals surface area contributed by atoms with Gasteiger partial charge in [0.1, 0.15) is 0 Å². The van der Waals surface area contributed by atoms with Crippen LogP contribution in [-0.4, -0.2) is 54.7 Å². The normalized spacial score (nSPS) is 32.8. The minimum atomic E-state index is -4.09. The molecule has 0 amide bonds. The SMILES string of the molecule is C[C@]1(CC#N)CC[C@@H](N2CCN(CC(F)(F)F)CC2)CC1. The Morgan fingerprint density at radius 3 is 2.19 bits per heavy atom. The number of nitriles is 1. The smallest absolute Gasteiger partial charge is 0.298 e. The summed E-state index contributed by atoms with van der Waals surface area (Å²) in [5.74, 6) is 0. The van der Waals surface area contributed by atoms with Crippen molar-refractivity contribution in [3.8, 4) is 6.07 Å².